The molecule has 1 saturated heterocycles. The van der Waals surface area contributed by atoms with Crippen LogP contribution < -0.4 is 5.56 Å². The third kappa shape index (κ3) is 4.21. The maximum absolute atomic E-state index is 13.1. The molecule has 0 aliphatic carbocycles. The number of amides is 1. The third-order valence-electron chi connectivity index (χ3n) is 5.73. The van der Waals surface area contributed by atoms with Gasteiger partial charge in [-0.3, -0.25) is 9.59 Å². The Kier molecular flexibility index (Phi) is 5.43. The lowest BCUT2D eigenvalue weighted by Gasteiger charge is -2.33. The van der Waals surface area contributed by atoms with Crippen LogP contribution in [0, 0.1) is 11.7 Å². The zero-order valence-electron chi connectivity index (χ0n) is 16.5. The van der Waals surface area contributed by atoms with Crippen molar-refractivity contribution < 1.29 is 9.18 Å². The summed E-state index contributed by atoms with van der Waals surface area (Å²) in [6, 6.07) is 11.8. The SMILES string of the molecule is Cn1cnc2cc(C(=O)N3CCCC(CCc4ccc(F)cc4)C3)ccc2c1=O. The number of benzene rings is 2. The molecule has 6 heteroatoms. The molecule has 1 aliphatic heterocycles. The number of carbonyl (C=O) groups excluding carboxylic acids is 1. The number of piperidine rings is 1. The smallest absolute Gasteiger partial charge is 0.260 e. The van der Waals surface area contributed by atoms with Gasteiger partial charge in [0.1, 0.15) is 5.82 Å². The molecule has 1 aromatic heterocycles. The van der Waals surface area contributed by atoms with Crippen LogP contribution in [0.2, 0.25) is 0 Å². The van der Waals surface area contributed by atoms with Crippen LogP contribution in [0.5, 0.6) is 0 Å². The Morgan fingerprint density at radius 2 is 2.00 bits per heavy atom. The molecule has 3 aromatic rings. The van der Waals surface area contributed by atoms with Crippen molar-refractivity contribution in [3.05, 3.63) is 76.1 Å². The van der Waals surface area contributed by atoms with E-state index in [1.54, 1.807) is 25.2 Å². The summed E-state index contributed by atoms with van der Waals surface area (Å²) in [6.45, 7) is 1.47. The third-order valence-corrected chi connectivity index (χ3v) is 5.73. The molecule has 0 bridgehead atoms. The van der Waals surface area contributed by atoms with Gasteiger partial charge in [0.2, 0.25) is 0 Å². The first-order chi connectivity index (χ1) is 14.0. The van der Waals surface area contributed by atoms with Gasteiger partial charge >= 0.3 is 0 Å². The van der Waals surface area contributed by atoms with Crippen molar-refractivity contribution in [3.63, 3.8) is 0 Å². The van der Waals surface area contributed by atoms with E-state index >= 15 is 0 Å². The van der Waals surface area contributed by atoms with Crippen LogP contribution >= 0.6 is 0 Å². The van der Waals surface area contributed by atoms with Crippen molar-refractivity contribution in [2.45, 2.75) is 25.7 Å². The van der Waals surface area contributed by atoms with E-state index in [0.717, 1.165) is 44.3 Å². The summed E-state index contributed by atoms with van der Waals surface area (Å²) < 4.78 is 14.5. The van der Waals surface area contributed by atoms with Crippen LogP contribution in [0.4, 0.5) is 4.39 Å². The standard InChI is InChI=1S/C23H24FN3O2/c1-26-15-25-21-13-18(8-11-20(21)23(26)29)22(28)27-12-2-3-17(14-27)5-4-16-6-9-19(24)10-7-16/h6-11,13,15,17H,2-5,12,14H2,1H3. The summed E-state index contributed by atoms with van der Waals surface area (Å²) in [5.41, 5.74) is 2.12. The number of halogens is 1. The molecule has 150 valence electrons. The number of rotatable bonds is 4. The highest BCUT2D eigenvalue weighted by Crippen LogP contribution is 2.23. The molecule has 1 fully saturated rings. The lowest BCUT2D eigenvalue weighted by atomic mass is 9.91. The molecule has 2 aromatic carbocycles. The molecular formula is C23H24FN3O2. The molecule has 4 rings (SSSR count). The van der Waals surface area contributed by atoms with E-state index < -0.39 is 0 Å². The van der Waals surface area contributed by atoms with Crippen molar-refractivity contribution in [1.29, 1.82) is 0 Å². The van der Waals surface area contributed by atoms with Crippen molar-refractivity contribution in [2.75, 3.05) is 13.1 Å². The maximum atomic E-state index is 13.1. The van der Waals surface area contributed by atoms with E-state index in [4.69, 9.17) is 0 Å². The molecule has 5 nitrogen and oxygen atoms in total. The number of nitrogens with zero attached hydrogens (tertiary/aromatic N) is 3. The molecule has 2 heterocycles. The predicted octanol–water partition coefficient (Wildman–Crippen LogP) is 3.56. The van der Waals surface area contributed by atoms with Gasteiger partial charge in [0.15, 0.2) is 0 Å². The normalized spacial score (nSPS) is 16.9. The van der Waals surface area contributed by atoms with E-state index in [-0.39, 0.29) is 17.3 Å². The first-order valence-electron chi connectivity index (χ1n) is 10.0. The van der Waals surface area contributed by atoms with Gasteiger partial charge < -0.3 is 9.47 Å². The molecule has 0 N–H and O–H groups in total. The minimum atomic E-state index is -0.217. The van der Waals surface area contributed by atoms with Gasteiger partial charge in [-0.05, 0) is 67.5 Å². The quantitative estimate of drug-likeness (QED) is 0.681. The highest BCUT2D eigenvalue weighted by molar-refractivity contribution is 5.97. The van der Waals surface area contributed by atoms with E-state index in [2.05, 4.69) is 4.98 Å². The molecule has 1 unspecified atom stereocenters. The summed E-state index contributed by atoms with van der Waals surface area (Å²) in [6.07, 6.45) is 5.42. The number of aromatic nitrogens is 2. The summed E-state index contributed by atoms with van der Waals surface area (Å²) >= 11 is 0. The summed E-state index contributed by atoms with van der Waals surface area (Å²) in [7, 11) is 1.66. The number of aryl methyl sites for hydroxylation is 2. The minimum absolute atomic E-state index is 0.0131. The summed E-state index contributed by atoms with van der Waals surface area (Å²) in [5, 5.41) is 0.516. The Balaban J connectivity index is 1.44. The lowest BCUT2D eigenvalue weighted by Crippen LogP contribution is -2.40. The maximum Gasteiger partial charge on any atom is 0.260 e. The number of hydrogen-bond acceptors (Lipinski definition) is 3. The van der Waals surface area contributed by atoms with Crippen molar-refractivity contribution in [2.24, 2.45) is 13.0 Å². The number of hydrogen-bond donors (Lipinski definition) is 0. The van der Waals surface area contributed by atoms with Crippen LogP contribution in [0.3, 0.4) is 0 Å². The molecule has 1 atom stereocenters. The highest BCUT2D eigenvalue weighted by atomic mass is 19.1. The van der Waals surface area contributed by atoms with Gasteiger partial charge in [0.05, 0.1) is 17.2 Å². The van der Waals surface area contributed by atoms with Crippen LogP contribution in [0.15, 0.2) is 53.6 Å². The summed E-state index contributed by atoms with van der Waals surface area (Å²) in [4.78, 5) is 31.4. The zero-order chi connectivity index (χ0) is 20.4. The Bertz CT molecular complexity index is 1090. The van der Waals surface area contributed by atoms with E-state index in [1.165, 1.54) is 23.0 Å². The Hall–Kier alpha value is -3.02. The van der Waals surface area contributed by atoms with E-state index in [1.807, 2.05) is 17.0 Å². The lowest BCUT2D eigenvalue weighted by molar-refractivity contribution is 0.0668. The van der Waals surface area contributed by atoms with Crippen molar-refractivity contribution in [1.82, 2.24) is 14.5 Å². The van der Waals surface area contributed by atoms with Gasteiger partial charge in [-0.25, -0.2) is 9.37 Å². The van der Waals surface area contributed by atoms with Gasteiger partial charge in [-0.1, -0.05) is 12.1 Å². The predicted molar refractivity (Wildman–Crippen MR) is 110 cm³/mol. The number of carbonyl (C=O) groups is 1. The van der Waals surface area contributed by atoms with Gasteiger partial charge in [-0.2, -0.15) is 0 Å². The monoisotopic (exact) mass is 393 g/mol. The summed E-state index contributed by atoms with van der Waals surface area (Å²) in [5.74, 6) is 0.204. The van der Waals surface area contributed by atoms with Crippen LogP contribution in [-0.4, -0.2) is 33.4 Å². The Morgan fingerprint density at radius 3 is 2.79 bits per heavy atom. The topological polar surface area (TPSA) is 55.2 Å². The van der Waals surface area contributed by atoms with Crippen LogP contribution in [-0.2, 0) is 13.5 Å². The van der Waals surface area contributed by atoms with E-state index in [9.17, 15) is 14.0 Å². The fourth-order valence-electron chi connectivity index (χ4n) is 4.03. The number of likely N-dealkylation sites (tertiary alicyclic amines) is 1. The second-order valence-electron chi connectivity index (χ2n) is 7.82. The van der Waals surface area contributed by atoms with Gasteiger partial charge in [0, 0.05) is 25.7 Å². The average molecular weight is 393 g/mol. The Morgan fingerprint density at radius 1 is 1.21 bits per heavy atom. The van der Waals surface area contributed by atoms with E-state index in [0.29, 0.717) is 22.4 Å². The second kappa shape index (κ2) is 8.15. The first kappa shape index (κ1) is 19.3. The molecule has 1 aliphatic rings. The highest BCUT2D eigenvalue weighted by Gasteiger charge is 2.24. The van der Waals surface area contributed by atoms with Gasteiger partial charge in [-0.15, -0.1) is 0 Å². The largest absolute Gasteiger partial charge is 0.338 e. The van der Waals surface area contributed by atoms with Crippen LogP contribution in [0.25, 0.3) is 10.9 Å². The molecule has 0 radical (unpaired) electrons. The zero-order valence-corrected chi connectivity index (χ0v) is 16.5. The van der Waals surface area contributed by atoms with Crippen molar-refractivity contribution >= 4 is 16.8 Å². The molecule has 1 amide bonds. The Labute approximate surface area is 168 Å². The fraction of sp³-hybridized carbons (Fsp3) is 0.348. The molecular weight excluding hydrogens is 369 g/mol. The number of fused-ring (bicyclic) bond motifs is 1. The second-order valence-corrected chi connectivity index (χ2v) is 7.82. The minimum Gasteiger partial charge on any atom is -0.338 e. The fourth-order valence-corrected chi connectivity index (χ4v) is 4.03. The molecule has 0 spiro atoms. The van der Waals surface area contributed by atoms with Crippen molar-refractivity contribution in [3.8, 4) is 0 Å². The molecule has 29 heavy (non-hydrogen) atoms. The average Bonchev–Trinajstić information content (AvgIpc) is 2.75. The first-order valence-corrected chi connectivity index (χ1v) is 10.0. The van der Waals surface area contributed by atoms with Gasteiger partial charge in [0.25, 0.3) is 11.5 Å². The van der Waals surface area contributed by atoms with Crippen LogP contribution in [0.1, 0.15) is 35.2 Å². The molecule has 0 saturated carbocycles.